The van der Waals surface area contributed by atoms with Crippen LogP contribution in [0.5, 0.6) is 0 Å². The molecule has 1 aliphatic rings. The van der Waals surface area contributed by atoms with Crippen LogP contribution in [0, 0.1) is 0 Å². The number of hydrogen-bond acceptors (Lipinski definition) is 5. The molecule has 1 aliphatic heterocycles. The van der Waals surface area contributed by atoms with E-state index in [1.165, 1.54) is 7.11 Å². The molecule has 1 fully saturated rings. The van der Waals surface area contributed by atoms with Crippen LogP contribution in [0.3, 0.4) is 0 Å². The van der Waals surface area contributed by atoms with E-state index in [-0.39, 0.29) is 24.2 Å². The summed E-state index contributed by atoms with van der Waals surface area (Å²) in [5.41, 5.74) is 1.25. The highest BCUT2D eigenvalue weighted by molar-refractivity contribution is 6.05. The second kappa shape index (κ2) is 9.30. The molecule has 0 aromatic heterocycles. The molecule has 6 nitrogen and oxygen atoms in total. The number of piperazine rings is 1. The van der Waals surface area contributed by atoms with E-state index in [0.29, 0.717) is 18.8 Å². The SMILES string of the molecule is C=CC(=O)Nc1cc(N2CCN(CCC(F)(F)F)C(C)C2C)ccc1C(=O)OC. The number of hydrogen-bond donors (Lipinski definition) is 1. The number of halogens is 3. The van der Waals surface area contributed by atoms with Crippen LogP contribution in [0.4, 0.5) is 24.5 Å². The Morgan fingerprint density at radius 2 is 1.97 bits per heavy atom. The van der Waals surface area contributed by atoms with Gasteiger partial charge in [-0.25, -0.2) is 4.79 Å². The molecule has 0 radical (unpaired) electrons. The van der Waals surface area contributed by atoms with E-state index in [2.05, 4.69) is 16.8 Å². The lowest BCUT2D eigenvalue weighted by Crippen LogP contribution is -2.57. The Hall–Kier alpha value is -2.55. The highest BCUT2D eigenvalue weighted by Gasteiger charge is 2.34. The first kappa shape index (κ1) is 22.7. The molecule has 2 atom stereocenters. The molecule has 0 spiro atoms. The van der Waals surface area contributed by atoms with E-state index < -0.39 is 24.5 Å². The number of anilines is 2. The van der Waals surface area contributed by atoms with Gasteiger partial charge in [0.05, 0.1) is 24.8 Å². The van der Waals surface area contributed by atoms with Crippen LogP contribution >= 0.6 is 0 Å². The number of methoxy groups -OCH3 is 1. The second-order valence-electron chi connectivity index (χ2n) is 6.99. The fraction of sp³-hybridized carbons (Fsp3) is 0.500. The minimum atomic E-state index is -4.18. The Bertz CT molecular complexity index is 767. The molecular weight excluding hydrogens is 387 g/mol. The van der Waals surface area contributed by atoms with Crippen molar-refractivity contribution in [2.75, 3.05) is 37.0 Å². The van der Waals surface area contributed by atoms with Gasteiger partial charge in [0.25, 0.3) is 0 Å². The number of rotatable bonds is 6. The average Bonchev–Trinajstić information content (AvgIpc) is 2.67. The number of carbonyl (C=O) groups excluding carboxylic acids is 2. The number of amides is 1. The van der Waals surface area contributed by atoms with Crippen LogP contribution in [0.15, 0.2) is 30.9 Å². The largest absolute Gasteiger partial charge is 0.465 e. The lowest BCUT2D eigenvalue weighted by atomic mass is 10.0. The summed E-state index contributed by atoms with van der Waals surface area (Å²) in [4.78, 5) is 27.6. The maximum Gasteiger partial charge on any atom is 0.390 e. The van der Waals surface area contributed by atoms with E-state index in [0.717, 1.165) is 11.8 Å². The zero-order chi connectivity index (χ0) is 21.8. The van der Waals surface area contributed by atoms with Gasteiger partial charge in [0, 0.05) is 37.4 Å². The van der Waals surface area contributed by atoms with Gasteiger partial charge in [0.2, 0.25) is 5.91 Å². The summed E-state index contributed by atoms with van der Waals surface area (Å²) in [6.07, 6.45) is -3.92. The van der Waals surface area contributed by atoms with Gasteiger partial charge >= 0.3 is 12.1 Å². The molecule has 2 rings (SSSR count). The minimum absolute atomic E-state index is 0.0369. The molecule has 1 amide bonds. The van der Waals surface area contributed by atoms with Gasteiger partial charge in [-0.3, -0.25) is 9.69 Å². The summed E-state index contributed by atoms with van der Waals surface area (Å²) in [6, 6.07) is 4.81. The molecule has 0 aliphatic carbocycles. The number of nitrogens with zero attached hydrogens (tertiary/aromatic N) is 2. The number of ether oxygens (including phenoxy) is 1. The fourth-order valence-electron chi connectivity index (χ4n) is 3.45. The lowest BCUT2D eigenvalue weighted by Gasteiger charge is -2.46. The fourth-order valence-corrected chi connectivity index (χ4v) is 3.45. The zero-order valence-electron chi connectivity index (χ0n) is 16.8. The molecule has 2 unspecified atom stereocenters. The highest BCUT2D eigenvalue weighted by Crippen LogP contribution is 2.30. The number of nitrogens with one attached hydrogen (secondary N) is 1. The third-order valence-electron chi connectivity index (χ3n) is 5.26. The van der Waals surface area contributed by atoms with Gasteiger partial charge in [0.15, 0.2) is 0 Å². The Morgan fingerprint density at radius 3 is 2.55 bits per heavy atom. The summed E-state index contributed by atoms with van der Waals surface area (Å²) >= 11 is 0. The Kier molecular flexibility index (Phi) is 7.29. The number of benzene rings is 1. The van der Waals surface area contributed by atoms with Crippen LogP contribution < -0.4 is 10.2 Å². The first-order valence-corrected chi connectivity index (χ1v) is 9.30. The van der Waals surface area contributed by atoms with Crippen molar-refractivity contribution in [1.29, 1.82) is 0 Å². The van der Waals surface area contributed by atoms with Crippen molar-refractivity contribution in [2.45, 2.75) is 38.5 Å². The van der Waals surface area contributed by atoms with Crippen molar-refractivity contribution >= 4 is 23.3 Å². The van der Waals surface area contributed by atoms with Crippen LogP contribution in [0.25, 0.3) is 0 Å². The molecule has 0 bridgehead atoms. The van der Waals surface area contributed by atoms with Crippen molar-refractivity contribution in [3.8, 4) is 0 Å². The lowest BCUT2D eigenvalue weighted by molar-refractivity contribution is -0.139. The van der Waals surface area contributed by atoms with Gasteiger partial charge in [-0.2, -0.15) is 13.2 Å². The Morgan fingerprint density at radius 1 is 1.28 bits per heavy atom. The molecule has 1 aromatic rings. The normalized spacial score (nSPS) is 20.3. The molecule has 1 saturated heterocycles. The van der Waals surface area contributed by atoms with Crippen LogP contribution in [0.1, 0.15) is 30.6 Å². The monoisotopic (exact) mass is 413 g/mol. The number of esters is 1. The third-order valence-corrected chi connectivity index (χ3v) is 5.26. The molecule has 160 valence electrons. The van der Waals surface area contributed by atoms with Gasteiger partial charge in [0.1, 0.15) is 0 Å². The first-order valence-electron chi connectivity index (χ1n) is 9.30. The summed E-state index contributed by atoms with van der Waals surface area (Å²) in [7, 11) is 1.25. The maximum absolute atomic E-state index is 12.6. The van der Waals surface area contributed by atoms with Crippen molar-refractivity contribution in [2.24, 2.45) is 0 Å². The zero-order valence-corrected chi connectivity index (χ0v) is 16.8. The predicted octanol–water partition coefficient (Wildman–Crippen LogP) is 3.45. The van der Waals surface area contributed by atoms with Crippen LogP contribution in [0.2, 0.25) is 0 Å². The topological polar surface area (TPSA) is 61.9 Å². The minimum Gasteiger partial charge on any atom is -0.465 e. The number of alkyl halides is 3. The quantitative estimate of drug-likeness (QED) is 0.572. The van der Waals surface area contributed by atoms with Crippen molar-refractivity contribution in [1.82, 2.24) is 4.90 Å². The maximum atomic E-state index is 12.6. The van der Waals surface area contributed by atoms with E-state index in [4.69, 9.17) is 4.74 Å². The van der Waals surface area contributed by atoms with E-state index in [9.17, 15) is 22.8 Å². The van der Waals surface area contributed by atoms with Crippen LogP contribution in [-0.2, 0) is 9.53 Å². The van der Waals surface area contributed by atoms with Crippen molar-refractivity contribution < 1.29 is 27.5 Å². The molecule has 0 saturated carbocycles. The number of carbonyl (C=O) groups is 2. The van der Waals surface area contributed by atoms with E-state index in [1.54, 1.807) is 18.2 Å². The summed E-state index contributed by atoms with van der Waals surface area (Å²) in [5.74, 6) is -1.06. The van der Waals surface area contributed by atoms with E-state index >= 15 is 0 Å². The second-order valence-corrected chi connectivity index (χ2v) is 6.99. The standard InChI is InChI=1S/C20H26F3N3O3/c1-5-18(27)24-17-12-15(6-7-16(17)19(28)29-4)26-11-10-25(13(2)14(26)3)9-8-20(21,22)23/h5-7,12-14H,1,8-11H2,2-4H3,(H,24,27). The summed E-state index contributed by atoms with van der Waals surface area (Å²) < 4.78 is 42.5. The summed E-state index contributed by atoms with van der Waals surface area (Å²) in [6.45, 7) is 8.22. The smallest absolute Gasteiger partial charge is 0.390 e. The first-order chi connectivity index (χ1) is 13.6. The molecule has 29 heavy (non-hydrogen) atoms. The van der Waals surface area contributed by atoms with Gasteiger partial charge in [-0.15, -0.1) is 0 Å². The Labute approximate surface area is 168 Å². The highest BCUT2D eigenvalue weighted by atomic mass is 19.4. The van der Waals surface area contributed by atoms with E-state index in [1.807, 2.05) is 18.7 Å². The van der Waals surface area contributed by atoms with Crippen molar-refractivity contribution in [3.63, 3.8) is 0 Å². The predicted molar refractivity (Wildman–Crippen MR) is 105 cm³/mol. The third kappa shape index (κ3) is 5.72. The summed E-state index contributed by atoms with van der Waals surface area (Å²) in [5, 5.41) is 2.61. The molecular formula is C20H26F3N3O3. The van der Waals surface area contributed by atoms with Gasteiger partial charge in [-0.05, 0) is 38.1 Å². The van der Waals surface area contributed by atoms with Crippen LogP contribution in [-0.4, -0.2) is 61.8 Å². The van der Waals surface area contributed by atoms with Crippen molar-refractivity contribution in [3.05, 3.63) is 36.4 Å². The van der Waals surface area contributed by atoms with Gasteiger partial charge in [-0.1, -0.05) is 6.58 Å². The average molecular weight is 413 g/mol. The van der Waals surface area contributed by atoms with Gasteiger partial charge < -0.3 is 15.0 Å². The Balaban J connectivity index is 2.23. The molecule has 9 heteroatoms. The molecule has 1 heterocycles. The molecule has 1 N–H and O–H groups in total. The molecule has 1 aromatic carbocycles.